The second-order valence-corrected chi connectivity index (χ2v) is 7.38. The highest BCUT2D eigenvalue weighted by molar-refractivity contribution is 6.30. The van der Waals surface area contributed by atoms with Crippen molar-refractivity contribution in [3.8, 4) is 0 Å². The summed E-state index contributed by atoms with van der Waals surface area (Å²) in [5, 5.41) is 0.714. The van der Waals surface area contributed by atoms with Gasteiger partial charge in [-0.15, -0.1) is 12.4 Å². The average Bonchev–Trinajstić information content (AvgIpc) is 3.14. The normalized spacial score (nSPS) is 26.1. The number of rotatable bonds is 3. The maximum Gasteiger partial charge on any atom is 0.233 e. The van der Waals surface area contributed by atoms with E-state index in [1.165, 1.54) is 0 Å². The molecular formula is C18H26Cl2N2O. The van der Waals surface area contributed by atoms with Crippen molar-refractivity contribution in [2.75, 3.05) is 13.1 Å². The van der Waals surface area contributed by atoms with Crippen molar-refractivity contribution in [1.82, 2.24) is 4.90 Å². The van der Waals surface area contributed by atoms with Gasteiger partial charge in [0.1, 0.15) is 0 Å². The number of carbonyl (C=O) groups is 1. The largest absolute Gasteiger partial charge is 0.339 e. The summed E-state index contributed by atoms with van der Waals surface area (Å²) in [5.41, 5.74) is 6.54. The molecule has 0 bridgehead atoms. The van der Waals surface area contributed by atoms with Gasteiger partial charge < -0.3 is 10.6 Å². The van der Waals surface area contributed by atoms with Crippen LogP contribution in [0.2, 0.25) is 5.02 Å². The highest BCUT2D eigenvalue weighted by Gasteiger charge is 2.47. The molecule has 3 nitrogen and oxygen atoms in total. The Bertz CT molecular complexity index is 558. The predicted molar refractivity (Wildman–Crippen MR) is 97.2 cm³/mol. The van der Waals surface area contributed by atoms with Gasteiger partial charge in [0.15, 0.2) is 0 Å². The van der Waals surface area contributed by atoms with Gasteiger partial charge in [0, 0.05) is 17.6 Å². The fourth-order valence-electron chi connectivity index (χ4n) is 4.26. The second-order valence-electron chi connectivity index (χ2n) is 6.94. The number of hydrogen-bond donors (Lipinski definition) is 1. The lowest BCUT2D eigenvalue weighted by Crippen LogP contribution is -2.47. The molecule has 2 atom stereocenters. The molecule has 0 aromatic heterocycles. The van der Waals surface area contributed by atoms with E-state index in [2.05, 4.69) is 17.9 Å². The molecule has 2 fully saturated rings. The number of halogens is 2. The first-order chi connectivity index (χ1) is 10.6. The van der Waals surface area contributed by atoms with Gasteiger partial charge in [0.2, 0.25) is 5.91 Å². The number of amides is 1. The van der Waals surface area contributed by atoms with Gasteiger partial charge in [-0.2, -0.15) is 0 Å². The van der Waals surface area contributed by atoms with E-state index in [4.69, 9.17) is 17.3 Å². The lowest BCUT2D eigenvalue weighted by atomic mass is 9.77. The van der Waals surface area contributed by atoms with Crippen LogP contribution in [0, 0.1) is 5.92 Å². The van der Waals surface area contributed by atoms with Crippen molar-refractivity contribution in [3.05, 3.63) is 34.9 Å². The van der Waals surface area contributed by atoms with Gasteiger partial charge in [0.25, 0.3) is 0 Å². The molecule has 1 saturated carbocycles. The van der Waals surface area contributed by atoms with Crippen molar-refractivity contribution in [3.63, 3.8) is 0 Å². The first kappa shape index (κ1) is 18.6. The van der Waals surface area contributed by atoms with E-state index in [1.54, 1.807) is 0 Å². The van der Waals surface area contributed by atoms with Crippen molar-refractivity contribution in [1.29, 1.82) is 0 Å². The van der Waals surface area contributed by atoms with Gasteiger partial charge in [-0.05, 0) is 56.3 Å². The Kier molecular flexibility index (Phi) is 5.99. The summed E-state index contributed by atoms with van der Waals surface area (Å²) >= 11 is 6.18. The standard InChI is InChI=1S/C18H25ClN2O.ClH/c1-13-9-14(11-20)12-21(13)17(22)18(7-2-3-8-18)15-5-4-6-16(19)10-15;/h4-6,10,13-14H,2-3,7-9,11-12,20H2,1H3;1H. The number of nitrogens with two attached hydrogens (primary N) is 1. The molecule has 2 unspecified atom stereocenters. The topological polar surface area (TPSA) is 46.3 Å². The monoisotopic (exact) mass is 356 g/mol. The Morgan fingerprint density at radius 2 is 2.09 bits per heavy atom. The summed E-state index contributed by atoms with van der Waals surface area (Å²) in [6.45, 7) is 3.62. The third kappa shape index (κ3) is 3.38. The predicted octanol–water partition coefficient (Wildman–Crippen LogP) is 3.77. The van der Waals surface area contributed by atoms with Crippen LogP contribution in [0.4, 0.5) is 0 Å². The van der Waals surface area contributed by atoms with Crippen LogP contribution in [0.15, 0.2) is 24.3 Å². The quantitative estimate of drug-likeness (QED) is 0.895. The van der Waals surface area contributed by atoms with E-state index in [1.807, 2.05) is 18.2 Å². The number of hydrogen-bond acceptors (Lipinski definition) is 2. The minimum atomic E-state index is -0.372. The highest BCUT2D eigenvalue weighted by atomic mass is 35.5. The summed E-state index contributed by atoms with van der Waals surface area (Å²) in [7, 11) is 0. The fraction of sp³-hybridized carbons (Fsp3) is 0.611. The van der Waals surface area contributed by atoms with E-state index in [0.29, 0.717) is 17.5 Å². The van der Waals surface area contributed by atoms with Gasteiger partial charge in [-0.25, -0.2) is 0 Å². The summed E-state index contributed by atoms with van der Waals surface area (Å²) in [6, 6.07) is 8.17. The van der Waals surface area contributed by atoms with E-state index < -0.39 is 0 Å². The van der Waals surface area contributed by atoms with E-state index in [9.17, 15) is 4.79 Å². The second kappa shape index (κ2) is 7.42. The maximum absolute atomic E-state index is 13.4. The van der Waals surface area contributed by atoms with E-state index in [0.717, 1.165) is 44.2 Å². The molecule has 1 heterocycles. The molecule has 1 aromatic carbocycles. The van der Waals surface area contributed by atoms with Crippen molar-refractivity contribution < 1.29 is 4.79 Å². The summed E-state index contributed by atoms with van der Waals surface area (Å²) in [4.78, 5) is 15.5. The third-order valence-corrected chi connectivity index (χ3v) is 5.73. The molecule has 1 amide bonds. The van der Waals surface area contributed by atoms with Gasteiger partial charge in [-0.1, -0.05) is 36.6 Å². The first-order valence-electron chi connectivity index (χ1n) is 8.34. The lowest BCUT2D eigenvalue weighted by Gasteiger charge is -2.35. The van der Waals surface area contributed by atoms with Crippen LogP contribution in [0.25, 0.3) is 0 Å². The molecule has 0 radical (unpaired) electrons. The van der Waals surface area contributed by atoms with Crippen LogP contribution >= 0.6 is 24.0 Å². The summed E-state index contributed by atoms with van der Waals surface area (Å²) in [5.74, 6) is 0.729. The van der Waals surface area contributed by atoms with Crippen LogP contribution in [0.3, 0.4) is 0 Å². The average molecular weight is 357 g/mol. The number of benzene rings is 1. The van der Waals surface area contributed by atoms with Crippen molar-refractivity contribution >= 4 is 29.9 Å². The number of nitrogens with zero attached hydrogens (tertiary/aromatic N) is 1. The molecule has 0 spiro atoms. The Morgan fingerprint density at radius 1 is 1.39 bits per heavy atom. The minimum absolute atomic E-state index is 0. The van der Waals surface area contributed by atoms with Crippen LogP contribution < -0.4 is 5.73 Å². The van der Waals surface area contributed by atoms with Gasteiger partial charge in [0.05, 0.1) is 5.41 Å². The smallest absolute Gasteiger partial charge is 0.233 e. The van der Waals surface area contributed by atoms with Crippen LogP contribution in [-0.4, -0.2) is 29.9 Å². The number of carbonyl (C=O) groups excluding carboxylic acids is 1. The minimum Gasteiger partial charge on any atom is -0.339 e. The molecule has 1 aliphatic carbocycles. The zero-order valence-corrected chi connectivity index (χ0v) is 15.2. The zero-order valence-electron chi connectivity index (χ0n) is 13.6. The molecular weight excluding hydrogens is 331 g/mol. The number of likely N-dealkylation sites (tertiary alicyclic amines) is 1. The fourth-order valence-corrected chi connectivity index (χ4v) is 4.45. The lowest BCUT2D eigenvalue weighted by molar-refractivity contribution is -0.138. The third-order valence-electron chi connectivity index (χ3n) is 5.50. The Labute approximate surface area is 150 Å². The summed E-state index contributed by atoms with van der Waals surface area (Å²) < 4.78 is 0. The van der Waals surface area contributed by atoms with Gasteiger partial charge >= 0.3 is 0 Å². The molecule has 5 heteroatoms. The SMILES string of the molecule is CC1CC(CN)CN1C(=O)C1(c2cccc(Cl)c2)CCCC1.Cl. The maximum atomic E-state index is 13.4. The van der Waals surface area contributed by atoms with Crippen molar-refractivity contribution in [2.45, 2.75) is 50.5 Å². The molecule has 1 aromatic rings. The summed E-state index contributed by atoms with van der Waals surface area (Å²) in [6.07, 6.45) is 5.11. The molecule has 1 aliphatic heterocycles. The highest BCUT2D eigenvalue weighted by Crippen LogP contribution is 2.44. The van der Waals surface area contributed by atoms with Gasteiger partial charge in [-0.3, -0.25) is 4.79 Å². The van der Waals surface area contributed by atoms with E-state index >= 15 is 0 Å². The molecule has 2 N–H and O–H groups in total. The molecule has 1 saturated heterocycles. The van der Waals surface area contributed by atoms with Crippen LogP contribution in [0.5, 0.6) is 0 Å². The van der Waals surface area contributed by atoms with Crippen LogP contribution in [0.1, 0.15) is 44.6 Å². The Morgan fingerprint density at radius 3 is 2.65 bits per heavy atom. The van der Waals surface area contributed by atoms with Crippen molar-refractivity contribution in [2.24, 2.45) is 11.7 Å². The van der Waals surface area contributed by atoms with E-state index in [-0.39, 0.29) is 29.8 Å². The first-order valence-corrected chi connectivity index (χ1v) is 8.72. The molecule has 2 aliphatic rings. The molecule has 23 heavy (non-hydrogen) atoms. The molecule has 3 rings (SSSR count). The Balaban J connectivity index is 0.00000192. The zero-order chi connectivity index (χ0) is 15.7. The molecule has 128 valence electrons. The Hall–Kier alpha value is -0.770. The van der Waals surface area contributed by atoms with Crippen LogP contribution in [-0.2, 0) is 10.2 Å².